The first-order chi connectivity index (χ1) is 9.37. The Hall–Kier alpha value is -0.990. The number of sulfonamides is 1. The highest BCUT2D eigenvalue weighted by atomic mass is 32.2. The Morgan fingerprint density at radius 2 is 2.35 bits per heavy atom. The van der Waals surface area contributed by atoms with Crippen LogP contribution in [0.2, 0.25) is 0 Å². The third-order valence-electron chi connectivity index (χ3n) is 3.38. The van der Waals surface area contributed by atoms with Crippen LogP contribution in [-0.4, -0.2) is 50.1 Å². The van der Waals surface area contributed by atoms with Crippen LogP contribution in [0.1, 0.15) is 28.2 Å². The van der Waals surface area contributed by atoms with Gasteiger partial charge in [0.1, 0.15) is 4.88 Å². The maximum Gasteiger partial charge on any atom is 0.265 e. The fourth-order valence-electron chi connectivity index (χ4n) is 2.34. The number of aryl methyl sites for hydroxylation is 1. The van der Waals surface area contributed by atoms with E-state index in [0.717, 1.165) is 31.3 Å². The molecule has 0 radical (unpaired) electrons. The van der Waals surface area contributed by atoms with E-state index in [1.165, 1.54) is 11.3 Å². The normalized spacial score (nSPS) is 20.1. The third kappa shape index (κ3) is 4.00. The average molecular weight is 317 g/mol. The Kier molecular flexibility index (Phi) is 4.77. The van der Waals surface area contributed by atoms with Crippen LogP contribution >= 0.6 is 11.3 Å². The van der Waals surface area contributed by atoms with E-state index in [2.05, 4.69) is 9.71 Å². The molecule has 1 amide bonds. The van der Waals surface area contributed by atoms with Gasteiger partial charge in [-0.2, -0.15) is 0 Å². The maximum absolute atomic E-state index is 12.4. The van der Waals surface area contributed by atoms with E-state index in [9.17, 15) is 13.2 Å². The summed E-state index contributed by atoms with van der Waals surface area (Å²) in [6.07, 6.45) is 2.99. The van der Waals surface area contributed by atoms with Crippen molar-refractivity contribution >= 4 is 27.3 Å². The molecule has 1 fully saturated rings. The van der Waals surface area contributed by atoms with Gasteiger partial charge in [-0.15, -0.1) is 11.3 Å². The zero-order chi connectivity index (χ0) is 14.8. The molecule has 8 heteroatoms. The number of hydrogen-bond donors (Lipinski definition) is 1. The summed E-state index contributed by atoms with van der Waals surface area (Å²) in [5.41, 5.74) is 2.44. The smallest absolute Gasteiger partial charge is 0.265 e. The highest BCUT2D eigenvalue weighted by Gasteiger charge is 2.26. The highest BCUT2D eigenvalue weighted by molar-refractivity contribution is 7.88. The molecule has 1 aliphatic rings. The largest absolute Gasteiger partial charge is 0.338 e. The van der Waals surface area contributed by atoms with Gasteiger partial charge in [0.15, 0.2) is 0 Å². The van der Waals surface area contributed by atoms with Gasteiger partial charge >= 0.3 is 0 Å². The maximum atomic E-state index is 12.4. The van der Waals surface area contributed by atoms with E-state index in [1.54, 1.807) is 10.4 Å². The van der Waals surface area contributed by atoms with Crippen LogP contribution in [0, 0.1) is 12.8 Å². The summed E-state index contributed by atoms with van der Waals surface area (Å²) in [5, 5.41) is 0. The fourth-order valence-corrected chi connectivity index (χ4v) is 3.64. The second-order valence-corrected chi connectivity index (χ2v) is 7.83. The lowest BCUT2D eigenvalue weighted by molar-refractivity contribution is 0.0680. The monoisotopic (exact) mass is 317 g/mol. The van der Waals surface area contributed by atoms with Crippen LogP contribution in [0.5, 0.6) is 0 Å². The molecule has 0 saturated carbocycles. The van der Waals surface area contributed by atoms with Crippen molar-refractivity contribution in [1.29, 1.82) is 0 Å². The molecule has 2 heterocycles. The van der Waals surface area contributed by atoms with Crippen LogP contribution in [0.4, 0.5) is 0 Å². The number of thiazole rings is 1. The Bertz CT molecular complexity index is 583. The SMILES string of the molecule is Cc1ncsc1C(=O)N1CCC[C@@H](CNS(C)(=O)=O)C1. The average Bonchev–Trinajstić information content (AvgIpc) is 2.81. The highest BCUT2D eigenvalue weighted by Crippen LogP contribution is 2.21. The molecule has 1 atom stereocenters. The summed E-state index contributed by atoms with van der Waals surface area (Å²) < 4.78 is 24.8. The van der Waals surface area contributed by atoms with Crippen LogP contribution < -0.4 is 4.72 Å². The number of amides is 1. The number of likely N-dealkylation sites (tertiary alicyclic amines) is 1. The molecule has 1 aliphatic heterocycles. The van der Waals surface area contributed by atoms with E-state index >= 15 is 0 Å². The molecular formula is C12H19N3O3S2. The summed E-state index contributed by atoms with van der Waals surface area (Å²) in [6.45, 7) is 3.55. The van der Waals surface area contributed by atoms with E-state index in [4.69, 9.17) is 0 Å². The lowest BCUT2D eigenvalue weighted by Crippen LogP contribution is -2.43. The molecule has 112 valence electrons. The minimum atomic E-state index is -3.17. The van der Waals surface area contributed by atoms with Crippen molar-refractivity contribution < 1.29 is 13.2 Å². The van der Waals surface area contributed by atoms with Crippen molar-refractivity contribution in [2.24, 2.45) is 5.92 Å². The molecule has 1 N–H and O–H groups in total. The third-order valence-corrected chi connectivity index (χ3v) is 4.99. The number of aromatic nitrogens is 1. The molecule has 6 nitrogen and oxygen atoms in total. The van der Waals surface area contributed by atoms with Gasteiger partial charge in [-0.05, 0) is 25.7 Å². The molecule has 1 aromatic rings. The van der Waals surface area contributed by atoms with Crippen molar-refractivity contribution in [1.82, 2.24) is 14.6 Å². The van der Waals surface area contributed by atoms with Gasteiger partial charge < -0.3 is 4.90 Å². The Morgan fingerprint density at radius 3 is 2.95 bits per heavy atom. The number of rotatable bonds is 4. The second kappa shape index (κ2) is 6.19. The Balaban J connectivity index is 1.97. The summed E-state index contributed by atoms with van der Waals surface area (Å²) in [4.78, 5) is 19.0. The van der Waals surface area contributed by atoms with Crippen LogP contribution in [0.15, 0.2) is 5.51 Å². The molecule has 0 spiro atoms. The van der Waals surface area contributed by atoms with E-state index in [-0.39, 0.29) is 11.8 Å². The zero-order valence-electron chi connectivity index (χ0n) is 11.6. The quantitative estimate of drug-likeness (QED) is 0.893. The molecule has 1 saturated heterocycles. The van der Waals surface area contributed by atoms with E-state index in [0.29, 0.717) is 18.0 Å². The van der Waals surface area contributed by atoms with Crippen molar-refractivity contribution in [2.45, 2.75) is 19.8 Å². The summed E-state index contributed by atoms with van der Waals surface area (Å²) in [5.74, 6) is 0.185. The van der Waals surface area contributed by atoms with Crippen LogP contribution in [0.25, 0.3) is 0 Å². The summed E-state index contributed by atoms with van der Waals surface area (Å²) in [6, 6.07) is 0. The zero-order valence-corrected chi connectivity index (χ0v) is 13.3. The second-order valence-electron chi connectivity index (χ2n) is 5.15. The minimum absolute atomic E-state index is 0.00838. The van der Waals surface area contributed by atoms with Crippen molar-refractivity contribution in [2.75, 3.05) is 25.9 Å². The van der Waals surface area contributed by atoms with Crippen LogP contribution in [0.3, 0.4) is 0 Å². The van der Waals surface area contributed by atoms with Gasteiger partial charge in [-0.1, -0.05) is 0 Å². The molecule has 2 rings (SSSR count). The molecular weight excluding hydrogens is 298 g/mol. The molecule has 0 unspecified atom stereocenters. The van der Waals surface area contributed by atoms with Gasteiger partial charge in [-0.25, -0.2) is 18.1 Å². The molecule has 0 aliphatic carbocycles. The topological polar surface area (TPSA) is 79.4 Å². The molecule has 20 heavy (non-hydrogen) atoms. The van der Waals surface area contributed by atoms with Gasteiger partial charge in [0.25, 0.3) is 5.91 Å². The molecule has 0 bridgehead atoms. The lowest BCUT2D eigenvalue weighted by Gasteiger charge is -2.32. The van der Waals surface area contributed by atoms with Gasteiger partial charge in [-0.3, -0.25) is 4.79 Å². The number of piperidine rings is 1. The standard InChI is InChI=1S/C12H19N3O3S2/c1-9-11(19-8-13-9)12(16)15-5-3-4-10(7-15)6-14-20(2,17)18/h8,10,14H,3-7H2,1-2H3/t10-/m0/s1. The molecule has 0 aromatic carbocycles. The number of carbonyl (C=O) groups excluding carboxylic acids is 1. The first-order valence-corrected chi connectivity index (χ1v) is 9.28. The van der Waals surface area contributed by atoms with Gasteiger partial charge in [0.2, 0.25) is 10.0 Å². The first kappa shape index (κ1) is 15.4. The fraction of sp³-hybridized carbons (Fsp3) is 0.667. The van der Waals surface area contributed by atoms with Crippen molar-refractivity contribution in [3.05, 3.63) is 16.1 Å². The van der Waals surface area contributed by atoms with E-state index < -0.39 is 10.0 Å². The van der Waals surface area contributed by atoms with Crippen LogP contribution in [-0.2, 0) is 10.0 Å². The van der Waals surface area contributed by atoms with Crippen molar-refractivity contribution in [3.8, 4) is 0 Å². The predicted octanol–water partition coefficient (Wildman–Crippen LogP) is 0.853. The molecule has 1 aromatic heterocycles. The number of carbonyl (C=O) groups is 1. The number of nitrogens with zero attached hydrogens (tertiary/aromatic N) is 2. The van der Waals surface area contributed by atoms with E-state index in [1.807, 2.05) is 6.92 Å². The first-order valence-electron chi connectivity index (χ1n) is 6.51. The Labute approximate surface area is 123 Å². The minimum Gasteiger partial charge on any atom is -0.338 e. The van der Waals surface area contributed by atoms with Gasteiger partial charge in [0, 0.05) is 19.6 Å². The summed E-state index contributed by atoms with van der Waals surface area (Å²) in [7, 11) is -3.17. The van der Waals surface area contributed by atoms with Gasteiger partial charge in [0.05, 0.1) is 17.5 Å². The number of hydrogen-bond acceptors (Lipinski definition) is 5. The lowest BCUT2D eigenvalue weighted by atomic mass is 9.98. The Morgan fingerprint density at radius 1 is 1.60 bits per heavy atom. The van der Waals surface area contributed by atoms with Crippen molar-refractivity contribution in [3.63, 3.8) is 0 Å². The summed E-state index contributed by atoms with van der Waals surface area (Å²) >= 11 is 1.36. The number of nitrogens with one attached hydrogen (secondary N) is 1. The predicted molar refractivity (Wildman–Crippen MR) is 78.3 cm³/mol.